The molecule has 248 valence electrons. The zero-order chi connectivity index (χ0) is 34.9. The number of fused-ring (bicyclic) bond motifs is 1. The van der Waals surface area contributed by atoms with Crippen LogP contribution in [0.3, 0.4) is 0 Å². The Morgan fingerprint density at radius 3 is 2.22 bits per heavy atom. The second-order valence-corrected chi connectivity index (χ2v) is 13.3. The van der Waals surface area contributed by atoms with Gasteiger partial charge in [-0.25, -0.2) is 14.4 Å². The van der Waals surface area contributed by atoms with Crippen molar-refractivity contribution in [1.29, 1.82) is 0 Å². The van der Waals surface area contributed by atoms with E-state index in [0.717, 1.165) is 22.4 Å². The molecule has 7 rings (SSSR count). The zero-order valence-corrected chi connectivity index (χ0v) is 28.3. The molecule has 5 aromatic carbocycles. The SMILES string of the molecule is Cc1ccc(-c2nc3ccccc3c(=O)n2-c2ccc(C(=O)NN3C(=O)/C(=C/c4ccc(N(C)C)cc4)SC3c3ccc(F)cc3)cc2)cc1. The average Bonchev–Trinajstić information content (AvgIpc) is 3.42. The summed E-state index contributed by atoms with van der Waals surface area (Å²) < 4.78 is 15.4. The number of para-hydroxylation sites is 1. The highest BCUT2D eigenvalue weighted by molar-refractivity contribution is 8.04. The highest BCUT2D eigenvalue weighted by Gasteiger charge is 2.38. The Hall–Kier alpha value is -6.00. The molecule has 1 N–H and O–H groups in total. The van der Waals surface area contributed by atoms with Crippen molar-refractivity contribution >= 4 is 46.2 Å². The Morgan fingerprint density at radius 2 is 1.54 bits per heavy atom. The quantitative estimate of drug-likeness (QED) is 0.176. The molecule has 1 unspecified atom stereocenters. The summed E-state index contributed by atoms with van der Waals surface area (Å²) >= 11 is 1.28. The van der Waals surface area contributed by atoms with E-state index in [9.17, 15) is 18.8 Å². The number of amides is 2. The van der Waals surface area contributed by atoms with E-state index < -0.39 is 17.1 Å². The van der Waals surface area contributed by atoms with E-state index in [1.54, 1.807) is 59.2 Å². The van der Waals surface area contributed by atoms with Crippen LogP contribution in [-0.2, 0) is 4.79 Å². The number of carbonyl (C=O) groups is 2. The minimum absolute atomic E-state index is 0.235. The minimum atomic E-state index is -0.627. The molecule has 1 aliphatic heterocycles. The normalized spacial score (nSPS) is 15.1. The number of aryl methyl sites for hydroxylation is 1. The van der Waals surface area contributed by atoms with Crippen LogP contribution in [0.1, 0.15) is 32.4 Å². The maximum absolute atomic E-state index is 13.8. The lowest BCUT2D eigenvalue weighted by Gasteiger charge is -2.24. The molecular weight excluding hydrogens is 650 g/mol. The van der Waals surface area contributed by atoms with Gasteiger partial charge in [-0.2, -0.15) is 0 Å². The van der Waals surface area contributed by atoms with E-state index in [-0.39, 0.29) is 17.0 Å². The van der Waals surface area contributed by atoms with Crippen LogP contribution in [0.2, 0.25) is 0 Å². The summed E-state index contributed by atoms with van der Waals surface area (Å²) in [7, 11) is 3.91. The summed E-state index contributed by atoms with van der Waals surface area (Å²) in [5, 5.41) is 1.12. The predicted octanol–water partition coefficient (Wildman–Crippen LogP) is 7.53. The molecule has 0 spiro atoms. The lowest BCUT2D eigenvalue weighted by Crippen LogP contribution is -2.44. The molecule has 0 saturated carbocycles. The number of nitrogens with zero attached hydrogens (tertiary/aromatic N) is 4. The monoisotopic (exact) mass is 681 g/mol. The third-order valence-corrected chi connectivity index (χ3v) is 9.71. The number of hydrazine groups is 1. The Labute approximate surface area is 292 Å². The second-order valence-electron chi connectivity index (χ2n) is 12.1. The molecule has 0 aliphatic carbocycles. The van der Waals surface area contributed by atoms with Gasteiger partial charge >= 0.3 is 0 Å². The topological polar surface area (TPSA) is 87.5 Å². The molecule has 0 bridgehead atoms. The lowest BCUT2D eigenvalue weighted by atomic mass is 10.1. The van der Waals surface area contributed by atoms with Gasteiger partial charge in [0.15, 0.2) is 0 Å². The summed E-state index contributed by atoms with van der Waals surface area (Å²) in [6, 6.07) is 35.2. The van der Waals surface area contributed by atoms with Gasteiger partial charge in [-0.1, -0.05) is 78.0 Å². The number of aromatic nitrogens is 2. The third-order valence-electron chi connectivity index (χ3n) is 8.46. The molecule has 1 aromatic heterocycles. The first kappa shape index (κ1) is 32.5. The first-order chi connectivity index (χ1) is 24.2. The van der Waals surface area contributed by atoms with Gasteiger partial charge < -0.3 is 4.90 Å². The Morgan fingerprint density at radius 1 is 0.860 bits per heavy atom. The molecule has 50 heavy (non-hydrogen) atoms. The smallest absolute Gasteiger partial charge is 0.280 e. The van der Waals surface area contributed by atoms with Gasteiger partial charge in [-0.05, 0) is 84.8 Å². The Kier molecular flexibility index (Phi) is 8.78. The molecule has 1 atom stereocenters. The first-order valence-electron chi connectivity index (χ1n) is 15.9. The van der Waals surface area contributed by atoms with Gasteiger partial charge in [-0.15, -0.1) is 0 Å². The van der Waals surface area contributed by atoms with E-state index in [4.69, 9.17) is 4.98 Å². The van der Waals surface area contributed by atoms with Gasteiger partial charge in [0.2, 0.25) is 0 Å². The first-order valence-corrected chi connectivity index (χ1v) is 16.8. The molecule has 8 nitrogen and oxygen atoms in total. The summed E-state index contributed by atoms with van der Waals surface area (Å²) in [4.78, 5) is 48.6. The van der Waals surface area contributed by atoms with Crippen LogP contribution in [0.4, 0.5) is 10.1 Å². The predicted molar refractivity (Wildman–Crippen MR) is 197 cm³/mol. The van der Waals surface area contributed by atoms with Crippen molar-refractivity contribution in [2.45, 2.75) is 12.3 Å². The highest BCUT2D eigenvalue weighted by Crippen LogP contribution is 2.45. The van der Waals surface area contributed by atoms with Gasteiger partial charge in [0.25, 0.3) is 17.4 Å². The van der Waals surface area contributed by atoms with Crippen LogP contribution in [0.25, 0.3) is 34.1 Å². The van der Waals surface area contributed by atoms with Gasteiger partial charge in [0, 0.05) is 30.9 Å². The van der Waals surface area contributed by atoms with Crippen molar-refractivity contribution in [1.82, 2.24) is 20.0 Å². The van der Waals surface area contributed by atoms with Crippen LogP contribution in [0.15, 0.2) is 131 Å². The number of thioether (sulfide) groups is 1. The molecule has 1 fully saturated rings. The number of benzene rings is 5. The molecule has 6 aromatic rings. The number of nitrogens with one attached hydrogen (secondary N) is 1. The fourth-order valence-corrected chi connectivity index (χ4v) is 6.91. The van der Waals surface area contributed by atoms with E-state index >= 15 is 0 Å². The summed E-state index contributed by atoms with van der Waals surface area (Å²) in [6.07, 6.45) is 1.78. The van der Waals surface area contributed by atoms with Crippen LogP contribution >= 0.6 is 11.8 Å². The van der Waals surface area contributed by atoms with E-state index in [1.165, 1.54) is 28.9 Å². The molecule has 2 heterocycles. The van der Waals surface area contributed by atoms with Crippen LogP contribution in [0.5, 0.6) is 0 Å². The van der Waals surface area contributed by atoms with Crippen LogP contribution < -0.4 is 15.9 Å². The van der Waals surface area contributed by atoms with Gasteiger partial charge in [0.1, 0.15) is 17.0 Å². The van der Waals surface area contributed by atoms with E-state index in [0.29, 0.717) is 32.9 Å². The molecule has 0 radical (unpaired) electrons. The average molecular weight is 682 g/mol. The van der Waals surface area contributed by atoms with Gasteiger partial charge in [0.05, 0.1) is 21.5 Å². The summed E-state index contributed by atoms with van der Waals surface area (Å²) in [5.74, 6) is -0.829. The molecule has 10 heteroatoms. The zero-order valence-electron chi connectivity index (χ0n) is 27.5. The Bertz CT molecular complexity index is 2320. The molecule has 2 amide bonds. The summed E-state index contributed by atoms with van der Waals surface area (Å²) in [6.45, 7) is 1.99. The maximum atomic E-state index is 13.8. The maximum Gasteiger partial charge on any atom is 0.280 e. The Balaban J connectivity index is 1.20. The molecule has 1 aliphatic rings. The number of hydrogen-bond acceptors (Lipinski definition) is 6. The molecule has 1 saturated heterocycles. The fraction of sp³-hybridized carbons (Fsp3) is 0.100. The summed E-state index contributed by atoms with van der Waals surface area (Å²) in [5.41, 5.74) is 8.30. The number of rotatable bonds is 7. The van der Waals surface area contributed by atoms with Crippen molar-refractivity contribution in [3.63, 3.8) is 0 Å². The number of halogens is 1. The van der Waals surface area contributed by atoms with Crippen molar-refractivity contribution in [2.24, 2.45) is 0 Å². The third kappa shape index (κ3) is 6.40. The minimum Gasteiger partial charge on any atom is -0.378 e. The van der Waals surface area contributed by atoms with E-state index in [2.05, 4.69) is 5.43 Å². The van der Waals surface area contributed by atoms with Crippen molar-refractivity contribution in [3.05, 3.63) is 165 Å². The standard InChI is InChI=1S/C40H32FN5O3S/c1-25-8-12-27(13-9-25)36-42-34-7-5-4-6-33(34)38(48)45(36)32-22-16-28(17-23-32)37(47)43-46-39(49)35(24-26-10-20-31(21-11-26)44(2)3)50-40(46)29-14-18-30(41)19-15-29/h4-24,40H,1-3H3,(H,43,47)/b35-24-. The van der Waals surface area contributed by atoms with Gasteiger partial charge in [-0.3, -0.25) is 24.4 Å². The number of carbonyl (C=O) groups excluding carboxylic acids is 2. The highest BCUT2D eigenvalue weighted by atomic mass is 32.2. The van der Waals surface area contributed by atoms with Crippen molar-refractivity contribution in [2.75, 3.05) is 19.0 Å². The lowest BCUT2D eigenvalue weighted by molar-refractivity contribution is -0.128. The fourth-order valence-electron chi connectivity index (χ4n) is 5.72. The van der Waals surface area contributed by atoms with E-state index in [1.807, 2.05) is 86.6 Å². The van der Waals surface area contributed by atoms with Crippen molar-refractivity contribution in [3.8, 4) is 17.1 Å². The largest absolute Gasteiger partial charge is 0.378 e. The number of anilines is 1. The van der Waals surface area contributed by atoms with Crippen LogP contribution in [-0.4, -0.2) is 40.5 Å². The number of hydrogen-bond donors (Lipinski definition) is 1. The van der Waals surface area contributed by atoms with Crippen molar-refractivity contribution < 1.29 is 14.0 Å². The van der Waals surface area contributed by atoms with Crippen LogP contribution in [0, 0.1) is 12.7 Å². The second kappa shape index (κ2) is 13.5. The molecular formula is C40H32FN5O3S.